The number of nitro benzene ring substituents is 1. The quantitative estimate of drug-likeness (QED) is 0.607. The number of hydrogen-bond acceptors (Lipinski definition) is 4. The summed E-state index contributed by atoms with van der Waals surface area (Å²) < 4.78 is 5.48. The summed E-state index contributed by atoms with van der Waals surface area (Å²) in [4.78, 5) is 10.6. The average Bonchev–Trinajstić information content (AvgIpc) is 2.36. The molecule has 2 unspecified atom stereocenters. The van der Waals surface area contributed by atoms with Crippen molar-refractivity contribution in [1.29, 1.82) is 0 Å². The second-order valence-electron chi connectivity index (χ2n) is 4.71. The van der Waals surface area contributed by atoms with Gasteiger partial charge in [0.05, 0.1) is 11.5 Å². The number of nitro groups is 1. The number of ether oxygens (including phenoxy) is 1. The van der Waals surface area contributed by atoms with Crippen LogP contribution in [0.1, 0.15) is 45.1 Å². The molecule has 106 valence electrons. The van der Waals surface area contributed by atoms with Gasteiger partial charge in [-0.1, -0.05) is 19.9 Å². The van der Waals surface area contributed by atoms with Crippen LogP contribution in [0, 0.1) is 10.1 Å². The third kappa shape index (κ3) is 3.92. The van der Waals surface area contributed by atoms with Crippen molar-refractivity contribution in [3.63, 3.8) is 0 Å². The van der Waals surface area contributed by atoms with Gasteiger partial charge in [-0.2, -0.15) is 0 Å². The van der Waals surface area contributed by atoms with E-state index in [1.54, 1.807) is 12.1 Å². The Bertz CT molecular complexity index is 433. The lowest BCUT2D eigenvalue weighted by atomic mass is 9.90. The molecule has 0 aliphatic carbocycles. The van der Waals surface area contributed by atoms with Crippen LogP contribution in [0.2, 0.25) is 0 Å². The van der Waals surface area contributed by atoms with Gasteiger partial charge in [-0.05, 0) is 37.3 Å². The summed E-state index contributed by atoms with van der Waals surface area (Å²) in [5.41, 5.74) is 6.96. The topological polar surface area (TPSA) is 78.4 Å². The largest absolute Gasteiger partial charge is 0.487 e. The van der Waals surface area contributed by atoms with E-state index in [9.17, 15) is 10.1 Å². The predicted molar refractivity (Wildman–Crippen MR) is 75.6 cm³/mol. The highest BCUT2D eigenvalue weighted by molar-refractivity contribution is 5.49. The first-order valence-corrected chi connectivity index (χ1v) is 6.67. The van der Waals surface area contributed by atoms with Crippen LogP contribution in [-0.2, 0) is 0 Å². The summed E-state index contributed by atoms with van der Waals surface area (Å²) in [7, 11) is 0. The molecule has 0 radical (unpaired) electrons. The fourth-order valence-corrected chi connectivity index (χ4v) is 2.15. The molecule has 5 heteroatoms. The van der Waals surface area contributed by atoms with Crippen LogP contribution >= 0.6 is 0 Å². The third-order valence-electron chi connectivity index (χ3n) is 3.14. The van der Waals surface area contributed by atoms with Crippen molar-refractivity contribution >= 4 is 5.69 Å². The Morgan fingerprint density at radius 2 is 2.11 bits per heavy atom. The van der Waals surface area contributed by atoms with Gasteiger partial charge in [0.25, 0.3) is 0 Å². The van der Waals surface area contributed by atoms with Crippen molar-refractivity contribution in [2.24, 2.45) is 5.73 Å². The molecule has 2 atom stereocenters. The molecule has 0 amide bonds. The molecular weight excluding hydrogens is 244 g/mol. The molecule has 2 N–H and O–H groups in total. The van der Waals surface area contributed by atoms with Gasteiger partial charge < -0.3 is 10.5 Å². The number of rotatable bonds is 7. The summed E-state index contributed by atoms with van der Waals surface area (Å²) in [5, 5.41) is 11.0. The normalized spacial score (nSPS) is 13.9. The minimum absolute atomic E-state index is 0.00508. The van der Waals surface area contributed by atoms with Crippen LogP contribution in [0.5, 0.6) is 5.75 Å². The minimum atomic E-state index is -0.415. The first-order valence-electron chi connectivity index (χ1n) is 6.67. The molecule has 1 aromatic rings. The summed E-state index contributed by atoms with van der Waals surface area (Å²) in [6, 6.07) is 5.04. The SMILES string of the molecule is CCCOc1cc(C(CC)C(C)N)ccc1[N+](=O)[O-]. The van der Waals surface area contributed by atoms with Gasteiger partial charge in [-0.25, -0.2) is 0 Å². The monoisotopic (exact) mass is 266 g/mol. The second-order valence-corrected chi connectivity index (χ2v) is 4.71. The van der Waals surface area contributed by atoms with E-state index in [1.807, 2.05) is 13.8 Å². The second kappa shape index (κ2) is 7.09. The van der Waals surface area contributed by atoms with Crippen molar-refractivity contribution in [3.05, 3.63) is 33.9 Å². The molecule has 1 rings (SSSR count). The molecule has 0 aromatic heterocycles. The van der Waals surface area contributed by atoms with Gasteiger partial charge in [0.2, 0.25) is 0 Å². The van der Waals surface area contributed by atoms with Crippen LogP contribution in [0.3, 0.4) is 0 Å². The predicted octanol–water partition coefficient (Wildman–Crippen LogP) is 3.22. The Balaban J connectivity index is 3.12. The number of hydrogen-bond donors (Lipinski definition) is 1. The van der Waals surface area contributed by atoms with Gasteiger partial charge in [0, 0.05) is 12.1 Å². The Labute approximate surface area is 113 Å². The fourth-order valence-electron chi connectivity index (χ4n) is 2.15. The molecule has 5 nitrogen and oxygen atoms in total. The molecule has 0 saturated carbocycles. The lowest BCUT2D eigenvalue weighted by molar-refractivity contribution is -0.385. The first-order chi connectivity index (χ1) is 9.01. The van der Waals surface area contributed by atoms with Crippen LogP contribution in [0.4, 0.5) is 5.69 Å². The van der Waals surface area contributed by atoms with Crippen LogP contribution < -0.4 is 10.5 Å². The van der Waals surface area contributed by atoms with Gasteiger partial charge >= 0.3 is 5.69 Å². The highest BCUT2D eigenvalue weighted by Crippen LogP contribution is 2.32. The van der Waals surface area contributed by atoms with Crippen LogP contribution in [0.15, 0.2) is 18.2 Å². The molecule has 1 aromatic carbocycles. The smallest absolute Gasteiger partial charge is 0.310 e. The zero-order valence-corrected chi connectivity index (χ0v) is 11.8. The first kappa shape index (κ1) is 15.4. The highest BCUT2D eigenvalue weighted by atomic mass is 16.6. The number of nitrogens with zero attached hydrogens (tertiary/aromatic N) is 1. The van der Waals surface area contributed by atoms with E-state index in [0.29, 0.717) is 12.4 Å². The molecule has 0 spiro atoms. The Morgan fingerprint density at radius 3 is 2.58 bits per heavy atom. The summed E-state index contributed by atoms with van der Waals surface area (Å²) >= 11 is 0. The zero-order chi connectivity index (χ0) is 14.4. The fraction of sp³-hybridized carbons (Fsp3) is 0.571. The van der Waals surface area contributed by atoms with Gasteiger partial charge in [0.15, 0.2) is 5.75 Å². The van der Waals surface area contributed by atoms with Crippen molar-refractivity contribution in [2.75, 3.05) is 6.61 Å². The molecule has 0 saturated heterocycles. The van der Waals surface area contributed by atoms with Crippen LogP contribution in [-0.4, -0.2) is 17.6 Å². The van der Waals surface area contributed by atoms with Crippen LogP contribution in [0.25, 0.3) is 0 Å². The number of nitrogens with two attached hydrogens (primary N) is 1. The van der Waals surface area contributed by atoms with E-state index >= 15 is 0 Å². The highest BCUT2D eigenvalue weighted by Gasteiger charge is 2.20. The van der Waals surface area contributed by atoms with Crippen molar-refractivity contribution in [1.82, 2.24) is 0 Å². The molecule has 19 heavy (non-hydrogen) atoms. The molecule has 0 heterocycles. The summed E-state index contributed by atoms with van der Waals surface area (Å²) in [6.07, 6.45) is 1.70. The van der Waals surface area contributed by atoms with E-state index in [0.717, 1.165) is 18.4 Å². The van der Waals surface area contributed by atoms with E-state index in [-0.39, 0.29) is 17.6 Å². The Morgan fingerprint density at radius 1 is 1.42 bits per heavy atom. The Kier molecular flexibility index (Phi) is 5.76. The molecule has 0 fully saturated rings. The standard InChI is InChI=1S/C14H22N2O3/c1-4-8-19-14-9-11(12(5-2)10(3)15)6-7-13(14)16(17)18/h6-7,9-10,12H,4-5,8,15H2,1-3H3. The lowest BCUT2D eigenvalue weighted by Gasteiger charge is -2.20. The van der Waals surface area contributed by atoms with Gasteiger partial charge in [0.1, 0.15) is 0 Å². The summed E-state index contributed by atoms with van der Waals surface area (Å²) in [6.45, 7) is 6.44. The Hall–Kier alpha value is -1.62. The molecule has 0 bridgehead atoms. The molecular formula is C14H22N2O3. The van der Waals surface area contributed by atoms with Crippen molar-refractivity contribution in [3.8, 4) is 5.75 Å². The lowest BCUT2D eigenvalue weighted by Crippen LogP contribution is -2.24. The van der Waals surface area contributed by atoms with Gasteiger partial charge in [-0.15, -0.1) is 0 Å². The van der Waals surface area contributed by atoms with E-state index in [1.165, 1.54) is 6.07 Å². The zero-order valence-electron chi connectivity index (χ0n) is 11.8. The molecule has 0 aliphatic heterocycles. The summed E-state index contributed by atoms with van der Waals surface area (Å²) in [5.74, 6) is 0.522. The average molecular weight is 266 g/mol. The minimum Gasteiger partial charge on any atom is -0.487 e. The molecule has 0 aliphatic rings. The maximum Gasteiger partial charge on any atom is 0.310 e. The van der Waals surface area contributed by atoms with E-state index in [2.05, 4.69) is 6.92 Å². The maximum absolute atomic E-state index is 11.0. The van der Waals surface area contributed by atoms with E-state index < -0.39 is 4.92 Å². The maximum atomic E-state index is 11.0. The van der Waals surface area contributed by atoms with Crippen molar-refractivity contribution in [2.45, 2.75) is 45.6 Å². The van der Waals surface area contributed by atoms with Gasteiger partial charge in [-0.3, -0.25) is 10.1 Å². The third-order valence-corrected chi connectivity index (χ3v) is 3.14. The number of benzene rings is 1. The van der Waals surface area contributed by atoms with E-state index in [4.69, 9.17) is 10.5 Å². The van der Waals surface area contributed by atoms with Crippen molar-refractivity contribution < 1.29 is 9.66 Å².